The molecule has 23 heavy (non-hydrogen) atoms. The van der Waals surface area contributed by atoms with Gasteiger partial charge in [-0.15, -0.1) is 11.8 Å². The van der Waals surface area contributed by atoms with E-state index >= 15 is 0 Å². The van der Waals surface area contributed by atoms with E-state index in [1.807, 2.05) is 12.3 Å². The van der Waals surface area contributed by atoms with Gasteiger partial charge in [-0.2, -0.15) is 0 Å². The molecule has 1 amide bonds. The largest absolute Gasteiger partial charge is 0.462 e. The minimum atomic E-state index is -0.388. The van der Waals surface area contributed by atoms with E-state index in [0.29, 0.717) is 28.4 Å². The van der Waals surface area contributed by atoms with Crippen molar-refractivity contribution in [1.29, 1.82) is 0 Å². The molecule has 2 aromatic rings. The van der Waals surface area contributed by atoms with E-state index in [9.17, 15) is 9.59 Å². The summed E-state index contributed by atoms with van der Waals surface area (Å²) in [4.78, 5) is 24.9. The Bertz CT molecular complexity index is 716. The van der Waals surface area contributed by atoms with E-state index in [4.69, 9.17) is 16.3 Å². The van der Waals surface area contributed by atoms with Gasteiger partial charge in [-0.05, 0) is 55.6 Å². The summed E-state index contributed by atoms with van der Waals surface area (Å²) >= 11 is 7.62. The molecule has 0 saturated heterocycles. The zero-order valence-electron chi connectivity index (χ0n) is 12.8. The van der Waals surface area contributed by atoms with Crippen LogP contribution in [0, 0.1) is 0 Å². The quantitative estimate of drug-likeness (QED) is 0.638. The topological polar surface area (TPSA) is 55.4 Å². The van der Waals surface area contributed by atoms with Gasteiger partial charge in [-0.25, -0.2) is 4.79 Å². The molecule has 1 N–H and O–H groups in total. The Kier molecular flexibility index (Phi) is 6.07. The van der Waals surface area contributed by atoms with Gasteiger partial charge >= 0.3 is 5.97 Å². The van der Waals surface area contributed by atoms with Crippen molar-refractivity contribution >= 4 is 40.9 Å². The number of rotatable bonds is 5. The number of thioether (sulfide) groups is 1. The Morgan fingerprint density at radius 2 is 1.87 bits per heavy atom. The molecule has 2 aromatic carbocycles. The van der Waals surface area contributed by atoms with Crippen LogP contribution in [0.25, 0.3) is 0 Å². The van der Waals surface area contributed by atoms with Gasteiger partial charge in [-0.1, -0.05) is 11.6 Å². The minimum absolute atomic E-state index is 0.296. The number of hydrogen-bond donors (Lipinski definition) is 1. The molecular weight excluding hydrogens is 334 g/mol. The predicted octanol–water partition coefficient (Wildman–Crippen LogP) is 4.49. The van der Waals surface area contributed by atoms with Crippen LogP contribution in [-0.2, 0) is 4.74 Å². The summed E-state index contributed by atoms with van der Waals surface area (Å²) in [5.41, 5.74) is 1.42. The van der Waals surface area contributed by atoms with Crippen LogP contribution in [0.15, 0.2) is 47.4 Å². The van der Waals surface area contributed by atoms with Gasteiger partial charge in [0.05, 0.1) is 22.8 Å². The van der Waals surface area contributed by atoms with E-state index in [-0.39, 0.29) is 11.9 Å². The molecule has 6 heteroatoms. The maximum atomic E-state index is 12.3. The van der Waals surface area contributed by atoms with Crippen LogP contribution in [0.5, 0.6) is 0 Å². The van der Waals surface area contributed by atoms with Gasteiger partial charge in [0.15, 0.2) is 0 Å². The molecule has 0 atom stereocenters. The second-order valence-corrected chi connectivity index (χ2v) is 5.88. The molecule has 120 valence electrons. The molecule has 0 bridgehead atoms. The highest BCUT2D eigenvalue weighted by Gasteiger charge is 2.12. The summed E-state index contributed by atoms with van der Waals surface area (Å²) in [6, 6.07) is 11.8. The fourth-order valence-corrected chi connectivity index (χ4v) is 2.55. The molecule has 0 aliphatic rings. The van der Waals surface area contributed by atoms with Crippen molar-refractivity contribution in [2.45, 2.75) is 11.8 Å². The average Bonchev–Trinajstić information content (AvgIpc) is 2.56. The number of nitrogens with one attached hydrogen (secondary N) is 1. The Labute approximate surface area is 144 Å². The summed E-state index contributed by atoms with van der Waals surface area (Å²) in [6.07, 6.45) is 1.93. The lowest BCUT2D eigenvalue weighted by Crippen LogP contribution is -2.13. The Morgan fingerprint density at radius 3 is 2.48 bits per heavy atom. The zero-order chi connectivity index (χ0) is 16.8. The Balaban J connectivity index is 2.13. The van der Waals surface area contributed by atoms with Crippen molar-refractivity contribution < 1.29 is 14.3 Å². The first-order valence-electron chi connectivity index (χ1n) is 6.97. The standard InChI is InChI=1S/C17H16ClNO3S/c1-3-22-17(21)11-4-6-12(7-5-11)19-16(20)14-10-13(23-2)8-9-15(14)18/h4-10H,3H2,1-2H3,(H,19,20). The number of ether oxygens (including phenoxy) is 1. The number of benzene rings is 2. The lowest BCUT2D eigenvalue weighted by atomic mass is 10.2. The SMILES string of the molecule is CCOC(=O)c1ccc(NC(=O)c2cc(SC)ccc2Cl)cc1. The van der Waals surface area contributed by atoms with E-state index < -0.39 is 0 Å². The van der Waals surface area contributed by atoms with Crippen LogP contribution in [0.4, 0.5) is 5.69 Å². The Morgan fingerprint density at radius 1 is 1.17 bits per heavy atom. The maximum Gasteiger partial charge on any atom is 0.338 e. The van der Waals surface area contributed by atoms with Crippen LogP contribution in [-0.4, -0.2) is 24.7 Å². The molecular formula is C17H16ClNO3S. The molecule has 2 rings (SSSR count). The van der Waals surface area contributed by atoms with Crippen molar-refractivity contribution in [3.05, 3.63) is 58.6 Å². The monoisotopic (exact) mass is 349 g/mol. The van der Waals surface area contributed by atoms with Crippen LogP contribution in [0.1, 0.15) is 27.6 Å². The number of carbonyl (C=O) groups excluding carboxylic acids is 2. The van der Waals surface area contributed by atoms with Crippen molar-refractivity contribution in [3.63, 3.8) is 0 Å². The Hall–Kier alpha value is -1.98. The second-order valence-electron chi connectivity index (χ2n) is 4.60. The fraction of sp³-hybridized carbons (Fsp3) is 0.176. The molecule has 0 aromatic heterocycles. The van der Waals surface area contributed by atoms with Gasteiger partial charge < -0.3 is 10.1 Å². The summed E-state index contributed by atoms with van der Waals surface area (Å²) in [7, 11) is 0. The molecule has 4 nitrogen and oxygen atoms in total. The van der Waals surface area contributed by atoms with Gasteiger partial charge in [0, 0.05) is 10.6 Å². The molecule has 0 heterocycles. The van der Waals surface area contributed by atoms with E-state index in [0.717, 1.165) is 4.90 Å². The molecule has 0 unspecified atom stereocenters. The third-order valence-corrected chi connectivity index (χ3v) is 4.13. The smallest absolute Gasteiger partial charge is 0.338 e. The van der Waals surface area contributed by atoms with E-state index in [2.05, 4.69) is 5.32 Å². The summed E-state index contributed by atoms with van der Waals surface area (Å²) in [5, 5.41) is 3.16. The number of anilines is 1. The second kappa shape index (κ2) is 8.04. The first-order chi connectivity index (χ1) is 11.0. The normalized spacial score (nSPS) is 10.2. The summed E-state index contributed by atoms with van der Waals surface area (Å²) in [5.74, 6) is -0.684. The van der Waals surface area contributed by atoms with Gasteiger partial charge in [0.25, 0.3) is 5.91 Å². The average molecular weight is 350 g/mol. The van der Waals surface area contributed by atoms with E-state index in [1.54, 1.807) is 43.3 Å². The zero-order valence-corrected chi connectivity index (χ0v) is 14.3. The maximum absolute atomic E-state index is 12.3. The van der Waals surface area contributed by atoms with E-state index in [1.165, 1.54) is 11.8 Å². The number of halogens is 1. The van der Waals surface area contributed by atoms with Crippen molar-refractivity contribution in [2.24, 2.45) is 0 Å². The third kappa shape index (κ3) is 4.50. The van der Waals surface area contributed by atoms with Gasteiger partial charge in [-0.3, -0.25) is 4.79 Å². The van der Waals surface area contributed by atoms with Crippen LogP contribution in [0.2, 0.25) is 5.02 Å². The lowest BCUT2D eigenvalue weighted by molar-refractivity contribution is 0.0526. The molecule has 0 spiro atoms. The van der Waals surface area contributed by atoms with Crippen LogP contribution >= 0.6 is 23.4 Å². The number of carbonyl (C=O) groups is 2. The predicted molar refractivity (Wildman–Crippen MR) is 93.6 cm³/mol. The highest BCUT2D eigenvalue weighted by molar-refractivity contribution is 7.98. The number of esters is 1. The van der Waals surface area contributed by atoms with Gasteiger partial charge in [0.1, 0.15) is 0 Å². The number of hydrogen-bond acceptors (Lipinski definition) is 4. The summed E-state index contributed by atoms with van der Waals surface area (Å²) < 4.78 is 4.91. The fourth-order valence-electron chi connectivity index (χ4n) is 1.91. The number of amides is 1. The molecule has 0 saturated carbocycles. The van der Waals surface area contributed by atoms with Crippen molar-refractivity contribution in [1.82, 2.24) is 0 Å². The molecule has 0 fully saturated rings. The lowest BCUT2D eigenvalue weighted by Gasteiger charge is -2.09. The van der Waals surface area contributed by atoms with Gasteiger partial charge in [0.2, 0.25) is 0 Å². The first kappa shape index (κ1) is 17.4. The third-order valence-electron chi connectivity index (χ3n) is 3.07. The van der Waals surface area contributed by atoms with Crippen LogP contribution < -0.4 is 5.32 Å². The highest BCUT2D eigenvalue weighted by atomic mass is 35.5. The molecule has 0 aliphatic carbocycles. The highest BCUT2D eigenvalue weighted by Crippen LogP contribution is 2.24. The molecule has 0 aliphatic heterocycles. The summed E-state index contributed by atoms with van der Waals surface area (Å²) in [6.45, 7) is 2.07. The van der Waals surface area contributed by atoms with Crippen molar-refractivity contribution in [2.75, 3.05) is 18.2 Å². The molecule has 0 radical (unpaired) electrons. The van der Waals surface area contributed by atoms with Crippen LogP contribution in [0.3, 0.4) is 0 Å². The van der Waals surface area contributed by atoms with Crippen molar-refractivity contribution in [3.8, 4) is 0 Å². The minimum Gasteiger partial charge on any atom is -0.462 e. The first-order valence-corrected chi connectivity index (χ1v) is 8.57.